The third-order valence-electron chi connectivity index (χ3n) is 0.715. The summed E-state index contributed by atoms with van der Waals surface area (Å²) >= 11 is 4.86. The van der Waals surface area contributed by atoms with E-state index >= 15 is 0 Å². The zero-order chi connectivity index (χ0) is 5.98. The molecule has 0 bridgehead atoms. The zero-order valence-electron chi connectivity index (χ0n) is 4.02. The Hall–Kier alpha value is -0.0600. The predicted octanol–water partition coefficient (Wildman–Crippen LogP) is 1.80. The smallest absolute Gasteiger partial charge is 0.103 e. The maximum absolute atomic E-state index is 5.10. The highest BCUT2D eigenvalue weighted by atomic mass is 79.9. The van der Waals surface area contributed by atoms with Crippen LogP contribution in [0.3, 0.4) is 0 Å². The first kappa shape index (κ1) is 6.07. The van der Waals surface area contributed by atoms with Crippen LogP contribution in [0.4, 0.5) is 5.00 Å². The minimum Gasteiger partial charge on any atom is -0.315 e. The number of rotatable bonds is 1. The molecule has 1 aromatic heterocycles. The number of thiophene rings is 1. The van der Waals surface area contributed by atoms with Crippen LogP contribution < -0.4 is 11.3 Å². The van der Waals surface area contributed by atoms with Gasteiger partial charge < -0.3 is 5.43 Å². The van der Waals surface area contributed by atoms with E-state index in [4.69, 9.17) is 5.84 Å². The Morgan fingerprint density at radius 2 is 2.38 bits per heavy atom. The second kappa shape index (κ2) is 2.48. The Kier molecular flexibility index (Phi) is 1.88. The van der Waals surface area contributed by atoms with Crippen molar-refractivity contribution in [3.05, 3.63) is 15.9 Å². The lowest BCUT2D eigenvalue weighted by molar-refractivity contribution is 1.39. The molecule has 44 valence electrons. The first-order valence-corrected chi connectivity index (χ1v) is 3.66. The van der Waals surface area contributed by atoms with Crippen LogP contribution >= 0.6 is 27.3 Å². The summed E-state index contributed by atoms with van der Waals surface area (Å²) in [6, 6.07) is 3.86. The van der Waals surface area contributed by atoms with E-state index in [0.717, 1.165) is 8.79 Å². The highest BCUT2D eigenvalue weighted by Crippen LogP contribution is 2.25. The quantitative estimate of drug-likeness (QED) is 0.527. The van der Waals surface area contributed by atoms with Crippen LogP contribution in [0.25, 0.3) is 0 Å². The average Bonchev–Trinajstić information content (AvgIpc) is 2.14. The number of nitrogens with one attached hydrogen (secondary N) is 1. The molecule has 0 fully saturated rings. The summed E-state index contributed by atoms with van der Waals surface area (Å²) in [6.45, 7) is 0. The van der Waals surface area contributed by atoms with Crippen LogP contribution in [-0.2, 0) is 0 Å². The van der Waals surface area contributed by atoms with E-state index in [0.29, 0.717) is 0 Å². The Morgan fingerprint density at radius 1 is 1.62 bits per heavy atom. The summed E-state index contributed by atoms with van der Waals surface area (Å²) in [5.74, 6) is 5.10. The minimum absolute atomic E-state index is 0.969. The lowest BCUT2D eigenvalue weighted by atomic mass is 10.6. The molecular formula is C4H5BrN2S. The molecule has 1 aromatic rings. The Balaban J connectivity index is 2.84. The molecule has 0 saturated heterocycles. The summed E-state index contributed by atoms with van der Waals surface area (Å²) in [4.78, 5) is 0. The van der Waals surface area contributed by atoms with E-state index in [1.807, 2.05) is 12.1 Å². The summed E-state index contributed by atoms with van der Waals surface area (Å²) in [6.07, 6.45) is 0. The van der Waals surface area contributed by atoms with Crippen molar-refractivity contribution in [3.63, 3.8) is 0 Å². The van der Waals surface area contributed by atoms with E-state index in [9.17, 15) is 0 Å². The normalized spacial score (nSPS) is 9.25. The van der Waals surface area contributed by atoms with Gasteiger partial charge in [0.15, 0.2) is 0 Å². The first-order chi connectivity index (χ1) is 3.83. The zero-order valence-corrected chi connectivity index (χ0v) is 6.42. The molecule has 0 aliphatic heterocycles. The Bertz CT molecular complexity index is 174. The van der Waals surface area contributed by atoms with Crippen molar-refractivity contribution in [1.82, 2.24) is 0 Å². The lowest BCUT2D eigenvalue weighted by Gasteiger charge is -1.86. The molecule has 4 heteroatoms. The fraction of sp³-hybridized carbons (Fsp3) is 0. The molecule has 0 aliphatic rings. The van der Waals surface area contributed by atoms with Gasteiger partial charge in [0.1, 0.15) is 5.00 Å². The van der Waals surface area contributed by atoms with Gasteiger partial charge in [0, 0.05) is 0 Å². The number of hydrogen-bond acceptors (Lipinski definition) is 3. The van der Waals surface area contributed by atoms with Crippen molar-refractivity contribution in [2.24, 2.45) is 5.84 Å². The van der Waals surface area contributed by atoms with Crippen molar-refractivity contribution in [3.8, 4) is 0 Å². The van der Waals surface area contributed by atoms with E-state index in [-0.39, 0.29) is 0 Å². The van der Waals surface area contributed by atoms with Gasteiger partial charge >= 0.3 is 0 Å². The van der Waals surface area contributed by atoms with Gasteiger partial charge in [0.05, 0.1) is 3.79 Å². The Labute approximate surface area is 59.8 Å². The number of nitrogen functional groups attached to an aromatic ring is 1. The van der Waals surface area contributed by atoms with Gasteiger partial charge in [-0.3, -0.25) is 0 Å². The third kappa shape index (κ3) is 1.21. The van der Waals surface area contributed by atoms with Gasteiger partial charge in [-0.2, -0.15) is 0 Å². The Morgan fingerprint density at radius 3 is 2.62 bits per heavy atom. The highest BCUT2D eigenvalue weighted by molar-refractivity contribution is 9.11. The minimum atomic E-state index is 0.969. The predicted molar refractivity (Wildman–Crippen MR) is 39.8 cm³/mol. The third-order valence-corrected chi connectivity index (χ3v) is 2.27. The van der Waals surface area contributed by atoms with E-state index in [2.05, 4.69) is 21.4 Å². The van der Waals surface area contributed by atoms with Crippen molar-refractivity contribution in [2.45, 2.75) is 0 Å². The van der Waals surface area contributed by atoms with Gasteiger partial charge in [-0.05, 0) is 28.1 Å². The van der Waals surface area contributed by atoms with Gasteiger partial charge in [0.25, 0.3) is 0 Å². The lowest BCUT2D eigenvalue weighted by Crippen LogP contribution is -2.03. The molecule has 0 atom stereocenters. The van der Waals surface area contributed by atoms with E-state index in [1.165, 1.54) is 0 Å². The summed E-state index contributed by atoms with van der Waals surface area (Å²) < 4.78 is 1.09. The van der Waals surface area contributed by atoms with E-state index in [1.54, 1.807) is 11.3 Å². The first-order valence-electron chi connectivity index (χ1n) is 2.05. The molecule has 0 aliphatic carbocycles. The number of halogens is 1. The maximum Gasteiger partial charge on any atom is 0.103 e. The topological polar surface area (TPSA) is 38.0 Å². The van der Waals surface area contributed by atoms with Gasteiger partial charge in [-0.1, -0.05) is 0 Å². The van der Waals surface area contributed by atoms with Crippen LogP contribution in [0.2, 0.25) is 0 Å². The monoisotopic (exact) mass is 192 g/mol. The second-order valence-corrected chi connectivity index (χ2v) is 3.71. The number of nitrogens with two attached hydrogens (primary N) is 1. The van der Waals surface area contributed by atoms with Crippen molar-refractivity contribution >= 4 is 32.3 Å². The number of hydrogen-bond donors (Lipinski definition) is 2. The molecule has 0 saturated carbocycles. The molecule has 0 spiro atoms. The number of hydrazine groups is 1. The summed E-state index contributed by atoms with van der Waals surface area (Å²) in [5, 5.41) is 0.969. The van der Waals surface area contributed by atoms with Crippen molar-refractivity contribution < 1.29 is 0 Å². The largest absolute Gasteiger partial charge is 0.315 e. The van der Waals surface area contributed by atoms with Crippen molar-refractivity contribution in [2.75, 3.05) is 5.43 Å². The molecule has 0 amide bonds. The van der Waals surface area contributed by atoms with Gasteiger partial charge in [0.2, 0.25) is 0 Å². The fourth-order valence-corrected chi connectivity index (χ4v) is 1.59. The van der Waals surface area contributed by atoms with Crippen LogP contribution in [0.5, 0.6) is 0 Å². The molecule has 1 rings (SSSR count). The molecule has 0 unspecified atom stereocenters. The van der Waals surface area contributed by atoms with Crippen molar-refractivity contribution in [1.29, 1.82) is 0 Å². The van der Waals surface area contributed by atoms with E-state index < -0.39 is 0 Å². The van der Waals surface area contributed by atoms with Crippen LogP contribution in [0.1, 0.15) is 0 Å². The molecular weight excluding hydrogens is 188 g/mol. The van der Waals surface area contributed by atoms with Gasteiger partial charge in [-0.15, -0.1) is 11.3 Å². The highest BCUT2D eigenvalue weighted by Gasteiger charge is 1.90. The molecule has 1 heterocycles. The average molecular weight is 193 g/mol. The number of anilines is 1. The SMILES string of the molecule is NNc1ccc(Br)s1. The van der Waals surface area contributed by atoms with Crippen LogP contribution in [0, 0.1) is 0 Å². The summed E-state index contributed by atoms with van der Waals surface area (Å²) in [7, 11) is 0. The van der Waals surface area contributed by atoms with Crippen LogP contribution in [-0.4, -0.2) is 0 Å². The standard InChI is InChI=1S/C4H5BrN2S/c5-3-1-2-4(7-6)8-3/h1-2,7H,6H2. The summed E-state index contributed by atoms with van der Waals surface area (Å²) in [5.41, 5.74) is 2.54. The van der Waals surface area contributed by atoms with Crippen LogP contribution in [0.15, 0.2) is 15.9 Å². The second-order valence-electron chi connectivity index (χ2n) is 1.25. The fourth-order valence-electron chi connectivity index (χ4n) is 0.392. The molecule has 2 nitrogen and oxygen atoms in total. The molecule has 0 radical (unpaired) electrons. The maximum atomic E-state index is 5.10. The molecule has 0 aromatic carbocycles. The van der Waals surface area contributed by atoms with Gasteiger partial charge in [-0.25, -0.2) is 5.84 Å². The molecule has 3 N–H and O–H groups in total. The molecule has 8 heavy (non-hydrogen) atoms.